The van der Waals surface area contributed by atoms with Gasteiger partial charge in [0, 0.05) is 41.4 Å². The molecule has 0 spiro atoms. The molecule has 0 atom stereocenters. The minimum Gasteiger partial charge on any atom is -0.343 e. The monoisotopic (exact) mass is 426 g/mol. The first kappa shape index (κ1) is 20.7. The fourth-order valence-electron chi connectivity index (χ4n) is 4.34. The lowest BCUT2D eigenvalue weighted by molar-refractivity contribution is -0.132. The summed E-state index contributed by atoms with van der Waals surface area (Å²) < 4.78 is 3.40. The zero-order valence-corrected chi connectivity index (χ0v) is 18.3. The van der Waals surface area contributed by atoms with Crippen LogP contribution in [0.5, 0.6) is 0 Å². The van der Waals surface area contributed by atoms with Crippen LogP contribution in [0.4, 0.5) is 0 Å². The van der Waals surface area contributed by atoms with E-state index in [1.165, 1.54) is 4.68 Å². The predicted molar refractivity (Wildman–Crippen MR) is 119 cm³/mol. The topological polar surface area (TPSA) is 60.1 Å². The number of halogens is 1. The van der Waals surface area contributed by atoms with Gasteiger partial charge in [0.15, 0.2) is 0 Å². The van der Waals surface area contributed by atoms with Gasteiger partial charge < -0.3 is 9.47 Å². The molecule has 0 bridgehead atoms. The Kier molecular flexibility index (Phi) is 5.95. The Labute approximate surface area is 181 Å². The molecular formula is C23H27ClN4O2. The highest BCUT2D eigenvalue weighted by atomic mass is 35.5. The number of hydrogen-bond acceptors (Lipinski definition) is 3. The number of carbonyl (C=O) groups excluding carboxylic acids is 1. The number of amides is 1. The third-order valence-electron chi connectivity index (χ3n) is 6.14. The summed E-state index contributed by atoms with van der Waals surface area (Å²) in [7, 11) is 0. The maximum Gasteiger partial charge on any atom is 0.276 e. The number of likely N-dealkylation sites (tertiary alicyclic amines) is 1. The lowest BCUT2D eigenvalue weighted by atomic mass is 10.2. The van der Waals surface area contributed by atoms with E-state index in [1.807, 2.05) is 43.0 Å². The van der Waals surface area contributed by atoms with Crippen molar-refractivity contribution < 1.29 is 4.79 Å². The fraction of sp³-hybridized carbons (Fsp3) is 0.435. The molecule has 158 valence electrons. The van der Waals surface area contributed by atoms with Crippen LogP contribution in [-0.2, 0) is 17.9 Å². The van der Waals surface area contributed by atoms with E-state index >= 15 is 0 Å². The molecule has 0 saturated carbocycles. The van der Waals surface area contributed by atoms with Gasteiger partial charge in [-0.3, -0.25) is 9.59 Å². The lowest BCUT2D eigenvalue weighted by Gasteiger charge is -2.20. The van der Waals surface area contributed by atoms with Crippen LogP contribution in [0.15, 0.2) is 35.3 Å². The van der Waals surface area contributed by atoms with Crippen molar-refractivity contribution >= 4 is 28.3 Å². The van der Waals surface area contributed by atoms with Crippen LogP contribution in [0.3, 0.4) is 0 Å². The maximum atomic E-state index is 13.2. The summed E-state index contributed by atoms with van der Waals surface area (Å²) in [6.07, 6.45) is 6.07. The van der Waals surface area contributed by atoms with Crippen molar-refractivity contribution in [2.45, 2.75) is 52.6 Å². The molecule has 6 nitrogen and oxygen atoms in total. The number of fused-ring (bicyclic) bond motifs is 1. The number of aromatic nitrogens is 3. The zero-order valence-electron chi connectivity index (χ0n) is 17.5. The molecule has 1 fully saturated rings. The summed E-state index contributed by atoms with van der Waals surface area (Å²) in [6, 6.07) is 7.72. The van der Waals surface area contributed by atoms with E-state index in [4.69, 9.17) is 11.6 Å². The van der Waals surface area contributed by atoms with Crippen molar-refractivity contribution in [1.82, 2.24) is 19.2 Å². The second-order valence-corrected chi connectivity index (χ2v) is 8.45. The molecule has 1 aliphatic rings. The van der Waals surface area contributed by atoms with Crippen molar-refractivity contribution in [3.8, 4) is 0 Å². The Morgan fingerprint density at radius 2 is 1.77 bits per heavy atom. The van der Waals surface area contributed by atoms with Crippen LogP contribution >= 0.6 is 11.6 Å². The molecule has 1 aromatic carbocycles. The highest BCUT2D eigenvalue weighted by molar-refractivity contribution is 6.31. The van der Waals surface area contributed by atoms with Gasteiger partial charge in [-0.25, -0.2) is 4.68 Å². The SMILES string of the molecule is Cc1c2cnn(CC(=O)N3CCCCCC3)c(=O)c2c(C)n1Cc1ccccc1Cl. The van der Waals surface area contributed by atoms with Gasteiger partial charge in [0.1, 0.15) is 6.54 Å². The Morgan fingerprint density at radius 1 is 1.07 bits per heavy atom. The highest BCUT2D eigenvalue weighted by Crippen LogP contribution is 2.25. The van der Waals surface area contributed by atoms with Crippen LogP contribution in [0, 0.1) is 13.8 Å². The minimum atomic E-state index is -0.214. The molecule has 0 N–H and O–H groups in total. The Hall–Kier alpha value is -2.60. The molecule has 2 aromatic heterocycles. The molecular weight excluding hydrogens is 400 g/mol. The average molecular weight is 427 g/mol. The largest absolute Gasteiger partial charge is 0.343 e. The summed E-state index contributed by atoms with van der Waals surface area (Å²) in [5.41, 5.74) is 2.62. The smallest absolute Gasteiger partial charge is 0.276 e. The molecule has 3 heterocycles. The molecule has 1 saturated heterocycles. The summed E-state index contributed by atoms with van der Waals surface area (Å²) in [6.45, 7) is 6.03. The third-order valence-corrected chi connectivity index (χ3v) is 6.50. The van der Waals surface area contributed by atoms with Gasteiger partial charge in [-0.05, 0) is 38.3 Å². The van der Waals surface area contributed by atoms with E-state index in [0.717, 1.165) is 61.1 Å². The van der Waals surface area contributed by atoms with Crippen LogP contribution in [-0.4, -0.2) is 38.2 Å². The maximum absolute atomic E-state index is 13.2. The quantitative estimate of drug-likeness (QED) is 0.635. The van der Waals surface area contributed by atoms with Gasteiger partial charge >= 0.3 is 0 Å². The van der Waals surface area contributed by atoms with Gasteiger partial charge in [0.05, 0.1) is 11.6 Å². The van der Waals surface area contributed by atoms with Gasteiger partial charge in [0.25, 0.3) is 5.56 Å². The molecule has 0 aliphatic carbocycles. The molecule has 4 rings (SSSR count). The molecule has 0 radical (unpaired) electrons. The van der Waals surface area contributed by atoms with E-state index in [1.54, 1.807) is 6.20 Å². The molecule has 1 aliphatic heterocycles. The van der Waals surface area contributed by atoms with E-state index in [0.29, 0.717) is 17.0 Å². The number of aryl methyl sites for hydroxylation is 2. The second-order valence-electron chi connectivity index (χ2n) is 8.04. The van der Waals surface area contributed by atoms with Crippen LogP contribution in [0.2, 0.25) is 5.02 Å². The summed E-state index contributed by atoms with van der Waals surface area (Å²) in [5.74, 6) is -0.0317. The first-order valence-electron chi connectivity index (χ1n) is 10.5. The number of hydrogen-bond donors (Lipinski definition) is 0. The van der Waals surface area contributed by atoms with Crippen molar-refractivity contribution in [2.24, 2.45) is 0 Å². The highest BCUT2D eigenvalue weighted by Gasteiger charge is 2.20. The van der Waals surface area contributed by atoms with Crippen molar-refractivity contribution in [1.29, 1.82) is 0 Å². The first-order chi connectivity index (χ1) is 14.5. The summed E-state index contributed by atoms with van der Waals surface area (Å²) in [5, 5.41) is 6.47. The van der Waals surface area contributed by atoms with Gasteiger partial charge in [-0.1, -0.05) is 42.6 Å². The number of rotatable bonds is 4. The predicted octanol–water partition coefficient (Wildman–Crippen LogP) is 3.92. The lowest BCUT2D eigenvalue weighted by Crippen LogP contribution is -2.37. The van der Waals surface area contributed by atoms with Crippen molar-refractivity contribution in [3.05, 3.63) is 62.8 Å². The average Bonchev–Trinajstić information content (AvgIpc) is 2.92. The van der Waals surface area contributed by atoms with Gasteiger partial charge in [-0.15, -0.1) is 0 Å². The number of benzene rings is 1. The van der Waals surface area contributed by atoms with E-state index in [9.17, 15) is 9.59 Å². The summed E-state index contributed by atoms with van der Waals surface area (Å²) in [4.78, 5) is 27.8. The Morgan fingerprint density at radius 3 is 2.47 bits per heavy atom. The Bertz CT molecular complexity index is 1140. The third kappa shape index (κ3) is 3.88. The van der Waals surface area contributed by atoms with Crippen LogP contribution in [0.1, 0.15) is 42.6 Å². The second kappa shape index (κ2) is 8.64. The van der Waals surface area contributed by atoms with E-state index in [-0.39, 0.29) is 18.0 Å². The van der Waals surface area contributed by atoms with Crippen LogP contribution < -0.4 is 5.56 Å². The van der Waals surface area contributed by atoms with Crippen molar-refractivity contribution in [3.63, 3.8) is 0 Å². The standard InChI is InChI=1S/C23H27ClN4O2/c1-16-19-13-25-28(15-21(29)26-11-7-3-4-8-12-26)23(30)22(19)17(2)27(16)14-18-9-5-6-10-20(18)24/h5-6,9-10,13H,3-4,7-8,11-12,14-15H2,1-2H3. The molecule has 30 heavy (non-hydrogen) atoms. The van der Waals surface area contributed by atoms with E-state index < -0.39 is 0 Å². The minimum absolute atomic E-state index is 0.0110. The molecule has 3 aromatic rings. The normalized spacial score (nSPS) is 14.8. The number of carbonyl (C=O) groups is 1. The first-order valence-corrected chi connectivity index (χ1v) is 10.9. The van der Waals surface area contributed by atoms with Gasteiger partial charge in [0.2, 0.25) is 5.91 Å². The molecule has 1 amide bonds. The van der Waals surface area contributed by atoms with E-state index in [2.05, 4.69) is 9.67 Å². The van der Waals surface area contributed by atoms with Gasteiger partial charge in [-0.2, -0.15) is 5.10 Å². The molecule has 0 unspecified atom stereocenters. The van der Waals surface area contributed by atoms with Crippen molar-refractivity contribution in [2.75, 3.05) is 13.1 Å². The fourth-order valence-corrected chi connectivity index (χ4v) is 4.54. The number of nitrogens with zero attached hydrogens (tertiary/aromatic N) is 4. The molecule has 7 heteroatoms. The van der Waals surface area contributed by atoms with Crippen LogP contribution in [0.25, 0.3) is 10.8 Å². The Balaban J connectivity index is 1.67. The zero-order chi connectivity index (χ0) is 21.3. The summed E-state index contributed by atoms with van der Waals surface area (Å²) >= 11 is 6.34.